The Morgan fingerprint density at radius 3 is 2.53 bits per heavy atom. The van der Waals surface area contributed by atoms with Crippen LogP contribution in [0.2, 0.25) is 10.0 Å². The minimum atomic E-state index is 0.313. The highest BCUT2D eigenvalue weighted by atomic mass is 35.5. The second-order valence-corrected chi connectivity index (χ2v) is 4.38. The number of benzene rings is 1. The number of pyridine rings is 1. The smallest absolute Gasteiger partial charge is 0.0745 e. The summed E-state index contributed by atoms with van der Waals surface area (Å²) in [5.41, 5.74) is 2.44. The average Bonchev–Trinajstić information content (AvgIpc) is 2.29. The lowest BCUT2D eigenvalue weighted by atomic mass is 10.0. The van der Waals surface area contributed by atoms with Crippen LogP contribution in [0.1, 0.15) is 5.56 Å². The van der Waals surface area contributed by atoms with Gasteiger partial charge in [0, 0.05) is 21.8 Å². The molecule has 1 aromatic carbocycles. The zero-order valence-corrected chi connectivity index (χ0v) is 10.3. The Kier molecular flexibility index (Phi) is 3.63. The molecule has 0 spiro atoms. The fourth-order valence-corrected chi connectivity index (χ4v) is 2.14. The quantitative estimate of drug-likeness (QED) is 0.817. The number of nitrogens with zero attached hydrogens (tertiary/aromatic N) is 2. The Morgan fingerprint density at radius 2 is 1.88 bits per heavy atom. The lowest BCUT2D eigenvalue weighted by Crippen LogP contribution is -1.91. The van der Waals surface area contributed by atoms with E-state index in [2.05, 4.69) is 11.1 Å². The lowest BCUT2D eigenvalue weighted by molar-refractivity contribution is 1.20. The highest BCUT2D eigenvalue weighted by Crippen LogP contribution is 2.28. The first-order valence-corrected chi connectivity index (χ1v) is 5.73. The van der Waals surface area contributed by atoms with E-state index in [4.69, 9.17) is 28.5 Å². The van der Waals surface area contributed by atoms with Crippen LogP contribution in [0.5, 0.6) is 0 Å². The molecule has 0 fully saturated rings. The Morgan fingerprint density at radius 1 is 1.18 bits per heavy atom. The molecular weight excluding hydrogens is 255 g/mol. The molecule has 0 amide bonds. The Bertz CT molecular complexity index is 568. The lowest BCUT2D eigenvalue weighted by Gasteiger charge is -2.06. The van der Waals surface area contributed by atoms with Crippen LogP contribution in [0.15, 0.2) is 36.5 Å². The highest BCUT2D eigenvalue weighted by Gasteiger charge is 2.07. The summed E-state index contributed by atoms with van der Waals surface area (Å²) >= 11 is 11.9. The summed E-state index contributed by atoms with van der Waals surface area (Å²) in [6.07, 6.45) is 2.00. The summed E-state index contributed by atoms with van der Waals surface area (Å²) in [6.45, 7) is 0. The van der Waals surface area contributed by atoms with Crippen LogP contribution < -0.4 is 0 Å². The Balaban J connectivity index is 2.56. The van der Waals surface area contributed by atoms with Gasteiger partial charge in [0.15, 0.2) is 0 Å². The van der Waals surface area contributed by atoms with E-state index in [0.29, 0.717) is 16.5 Å². The zero-order chi connectivity index (χ0) is 12.3. The molecule has 0 radical (unpaired) electrons. The maximum absolute atomic E-state index is 8.77. The van der Waals surface area contributed by atoms with E-state index >= 15 is 0 Å². The number of hydrogen-bond donors (Lipinski definition) is 0. The van der Waals surface area contributed by atoms with Crippen molar-refractivity contribution in [2.75, 3.05) is 0 Å². The van der Waals surface area contributed by atoms with E-state index in [0.717, 1.165) is 16.8 Å². The monoisotopic (exact) mass is 262 g/mol. The van der Waals surface area contributed by atoms with Crippen LogP contribution in [-0.4, -0.2) is 4.98 Å². The fourth-order valence-electron chi connectivity index (χ4n) is 1.62. The predicted molar refractivity (Wildman–Crippen MR) is 69.0 cm³/mol. The molecule has 0 atom stereocenters. The number of aromatic nitrogens is 1. The van der Waals surface area contributed by atoms with Crippen LogP contribution in [0.3, 0.4) is 0 Å². The molecule has 2 aromatic rings. The molecule has 0 bridgehead atoms. The Hall–Kier alpha value is -1.56. The van der Waals surface area contributed by atoms with Gasteiger partial charge in [0.25, 0.3) is 0 Å². The van der Waals surface area contributed by atoms with Crippen molar-refractivity contribution in [2.24, 2.45) is 0 Å². The van der Waals surface area contributed by atoms with Gasteiger partial charge < -0.3 is 0 Å². The molecule has 17 heavy (non-hydrogen) atoms. The first kappa shape index (κ1) is 11.9. The first-order chi connectivity index (χ1) is 8.20. The average molecular weight is 263 g/mol. The van der Waals surface area contributed by atoms with Crippen molar-refractivity contribution in [2.45, 2.75) is 6.42 Å². The van der Waals surface area contributed by atoms with Gasteiger partial charge in [-0.3, -0.25) is 4.98 Å². The summed E-state index contributed by atoms with van der Waals surface area (Å²) in [4.78, 5) is 4.28. The van der Waals surface area contributed by atoms with Crippen LogP contribution in [0, 0.1) is 11.3 Å². The molecule has 0 aliphatic carbocycles. The zero-order valence-electron chi connectivity index (χ0n) is 8.82. The van der Waals surface area contributed by atoms with Gasteiger partial charge in [-0.2, -0.15) is 5.26 Å². The number of rotatable bonds is 2. The van der Waals surface area contributed by atoms with Crippen LogP contribution >= 0.6 is 23.2 Å². The molecule has 0 unspecified atom stereocenters. The van der Waals surface area contributed by atoms with Gasteiger partial charge in [0.05, 0.1) is 18.2 Å². The summed E-state index contributed by atoms with van der Waals surface area (Å²) in [6, 6.07) is 11.0. The molecule has 0 saturated carbocycles. The molecule has 2 nitrogen and oxygen atoms in total. The third kappa shape index (κ3) is 2.76. The SMILES string of the molecule is N#CCc1cccnc1-c1cc(Cl)cc(Cl)c1. The van der Waals surface area contributed by atoms with Gasteiger partial charge in [0.1, 0.15) is 0 Å². The van der Waals surface area contributed by atoms with Crippen molar-refractivity contribution in [3.63, 3.8) is 0 Å². The van der Waals surface area contributed by atoms with Crippen molar-refractivity contribution in [1.82, 2.24) is 4.98 Å². The van der Waals surface area contributed by atoms with E-state index in [-0.39, 0.29) is 0 Å². The molecule has 84 valence electrons. The molecule has 0 aliphatic rings. The van der Waals surface area contributed by atoms with Crippen molar-refractivity contribution >= 4 is 23.2 Å². The third-order valence-corrected chi connectivity index (χ3v) is 2.73. The van der Waals surface area contributed by atoms with Crippen LogP contribution in [0.4, 0.5) is 0 Å². The van der Waals surface area contributed by atoms with E-state index in [9.17, 15) is 0 Å². The van der Waals surface area contributed by atoms with Gasteiger partial charge >= 0.3 is 0 Å². The van der Waals surface area contributed by atoms with Crippen molar-refractivity contribution in [1.29, 1.82) is 5.26 Å². The number of nitriles is 1. The van der Waals surface area contributed by atoms with Crippen molar-refractivity contribution < 1.29 is 0 Å². The normalized spacial score (nSPS) is 9.94. The fraction of sp³-hybridized carbons (Fsp3) is 0.0769. The predicted octanol–water partition coefficient (Wildman–Crippen LogP) is 4.12. The van der Waals surface area contributed by atoms with Crippen molar-refractivity contribution in [3.05, 3.63) is 52.1 Å². The minimum Gasteiger partial charge on any atom is -0.256 e. The van der Waals surface area contributed by atoms with E-state index in [1.54, 1.807) is 24.4 Å². The van der Waals surface area contributed by atoms with Gasteiger partial charge in [-0.25, -0.2) is 0 Å². The van der Waals surface area contributed by atoms with Crippen molar-refractivity contribution in [3.8, 4) is 17.3 Å². The van der Waals surface area contributed by atoms with Crippen LogP contribution in [-0.2, 0) is 6.42 Å². The maximum atomic E-state index is 8.77. The first-order valence-electron chi connectivity index (χ1n) is 4.98. The molecular formula is C13H8Cl2N2. The van der Waals surface area contributed by atoms with Gasteiger partial charge in [-0.1, -0.05) is 29.3 Å². The summed E-state index contributed by atoms with van der Waals surface area (Å²) < 4.78 is 0. The largest absolute Gasteiger partial charge is 0.256 e. The van der Waals surface area contributed by atoms with E-state index < -0.39 is 0 Å². The van der Waals surface area contributed by atoms with E-state index in [1.165, 1.54) is 0 Å². The maximum Gasteiger partial charge on any atom is 0.0745 e. The molecule has 4 heteroatoms. The summed E-state index contributed by atoms with van der Waals surface area (Å²) in [5.74, 6) is 0. The molecule has 0 saturated heterocycles. The molecule has 0 aliphatic heterocycles. The minimum absolute atomic E-state index is 0.313. The van der Waals surface area contributed by atoms with Gasteiger partial charge in [0.2, 0.25) is 0 Å². The van der Waals surface area contributed by atoms with E-state index in [1.807, 2.05) is 12.1 Å². The molecule has 1 heterocycles. The Labute approximate surface area is 109 Å². The summed E-state index contributed by atoms with van der Waals surface area (Å²) in [7, 11) is 0. The molecule has 2 rings (SSSR count). The number of halogens is 2. The molecule has 1 aromatic heterocycles. The molecule has 0 N–H and O–H groups in total. The van der Waals surface area contributed by atoms with Crippen LogP contribution in [0.25, 0.3) is 11.3 Å². The summed E-state index contributed by atoms with van der Waals surface area (Å²) in [5, 5.41) is 9.88. The van der Waals surface area contributed by atoms with Gasteiger partial charge in [-0.15, -0.1) is 0 Å². The standard InChI is InChI=1S/C13H8Cl2N2/c14-11-6-10(7-12(15)8-11)13-9(3-4-16)2-1-5-17-13/h1-2,5-8H,3H2. The topological polar surface area (TPSA) is 36.7 Å². The van der Waals surface area contributed by atoms with Gasteiger partial charge in [-0.05, 0) is 29.8 Å². The number of hydrogen-bond acceptors (Lipinski definition) is 2. The second kappa shape index (κ2) is 5.18. The second-order valence-electron chi connectivity index (χ2n) is 3.50. The highest BCUT2D eigenvalue weighted by molar-refractivity contribution is 6.35. The third-order valence-electron chi connectivity index (χ3n) is 2.30.